The Hall–Kier alpha value is -3.26. The van der Waals surface area contributed by atoms with Crippen LogP contribution in [0.4, 0.5) is 0 Å². The normalized spacial score (nSPS) is 10.5. The molecule has 0 unspecified atom stereocenters. The highest BCUT2D eigenvalue weighted by atomic mass is 16.3. The lowest BCUT2D eigenvalue weighted by molar-refractivity contribution is 0.468. The standard InChI is InChI=1S/C25H24O2/c1-3-8-21-17-20(12-13-24(21)26)23-16-19(14-18-10-6-5-7-11-18)15-22(9-4-2)25(23)27/h3-7,10-13,15-17,26-27H,1-2,8-9,14H2. The molecule has 0 atom stereocenters. The molecule has 0 aromatic heterocycles. The van der Waals surface area contributed by atoms with Gasteiger partial charge in [-0.3, -0.25) is 0 Å². The second-order valence-electron chi connectivity index (χ2n) is 6.64. The zero-order valence-electron chi connectivity index (χ0n) is 15.4. The molecule has 2 N–H and O–H groups in total. The highest BCUT2D eigenvalue weighted by Gasteiger charge is 2.13. The van der Waals surface area contributed by atoms with E-state index in [1.807, 2.05) is 42.5 Å². The topological polar surface area (TPSA) is 40.5 Å². The van der Waals surface area contributed by atoms with E-state index in [1.165, 1.54) is 5.56 Å². The summed E-state index contributed by atoms with van der Waals surface area (Å²) in [4.78, 5) is 0. The summed E-state index contributed by atoms with van der Waals surface area (Å²) in [6.07, 6.45) is 5.51. The number of hydrogen-bond donors (Lipinski definition) is 2. The fourth-order valence-corrected chi connectivity index (χ4v) is 3.30. The first-order chi connectivity index (χ1) is 13.1. The number of aromatic hydroxyl groups is 2. The van der Waals surface area contributed by atoms with Gasteiger partial charge in [0.1, 0.15) is 11.5 Å². The second-order valence-corrected chi connectivity index (χ2v) is 6.64. The fourth-order valence-electron chi connectivity index (χ4n) is 3.30. The molecule has 0 saturated heterocycles. The molecule has 0 aliphatic heterocycles. The van der Waals surface area contributed by atoms with Gasteiger partial charge >= 0.3 is 0 Å². The van der Waals surface area contributed by atoms with E-state index in [9.17, 15) is 10.2 Å². The zero-order valence-corrected chi connectivity index (χ0v) is 15.4. The van der Waals surface area contributed by atoms with Crippen LogP contribution in [-0.2, 0) is 19.3 Å². The molecule has 3 aromatic rings. The maximum absolute atomic E-state index is 10.8. The van der Waals surface area contributed by atoms with Crippen molar-refractivity contribution in [1.82, 2.24) is 0 Å². The molecule has 136 valence electrons. The molecule has 0 amide bonds. The number of allylic oxidation sites excluding steroid dienone is 2. The molecule has 3 aromatic carbocycles. The predicted molar refractivity (Wildman–Crippen MR) is 112 cm³/mol. The summed E-state index contributed by atoms with van der Waals surface area (Å²) in [6.45, 7) is 7.55. The third-order valence-corrected chi connectivity index (χ3v) is 4.62. The Morgan fingerprint density at radius 3 is 2.15 bits per heavy atom. The van der Waals surface area contributed by atoms with Crippen LogP contribution in [0.15, 0.2) is 86.0 Å². The average Bonchev–Trinajstić information content (AvgIpc) is 2.67. The van der Waals surface area contributed by atoms with E-state index in [1.54, 1.807) is 18.2 Å². The maximum atomic E-state index is 10.8. The fraction of sp³-hybridized carbons (Fsp3) is 0.120. The summed E-state index contributed by atoms with van der Waals surface area (Å²) in [5.41, 5.74) is 5.64. The van der Waals surface area contributed by atoms with Gasteiger partial charge in [-0.05, 0) is 65.3 Å². The molecule has 0 aliphatic carbocycles. The molecule has 0 radical (unpaired) electrons. The lowest BCUT2D eigenvalue weighted by Gasteiger charge is -2.14. The van der Waals surface area contributed by atoms with Crippen molar-refractivity contribution in [3.63, 3.8) is 0 Å². The highest BCUT2D eigenvalue weighted by molar-refractivity contribution is 5.74. The van der Waals surface area contributed by atoms with Crippen molar-refractivity contribution in [3.05, 3.63) is 108 Å². The molecule has 27 heavy (non-hydrogen) atoms. The van der Waals surface area contributed by atoms with Crippen LogP contribution < -0.4 is 0 Å². The van der Waals surface area contributed by atoms with Gasteiger partial charge in [0.25, 0.3) is 0 Å². The van der Waals surface area contributed by atoms with Crippen LogP contribution in [0, 0.1) is 0 Å². The van der Waals surface area contributed by atoms with E-state index in [4.69, 9.17) is 0 Å². The molecule has 0 saturated carbocycles. The van der Waals surface area contributed by atoms with E-state index in [-0.39, 0.29) is 11.5 Å². The number of benzene rings is 3. The smallest absolute Gasteiger partial charge is 0.126 e. The molecule has 0 aliphatic rings. The van der Waals surface area contributed by atoms with E-state index in [0.29, 0.717) is 12.8 Å². The van der Waals surface area contributed by atoms with E-state index in [2.05, 4.69) is 25.3 Å². The molecule has 2 nitrogen and oxygen atoms in total. The molecule has 0 spiro atoms. The minimum atomic E-state index is 0.241. The van der Waals surface area contributed by atoms with E-state index >= 15 is 0 Å². The summed E-state index contributed by atoms with van der Waals surface area (Å²) in [6, 6.07) is 19.8. The Kier molecular flexibility index (Phi) is 5.77. The number of rotatable bonds is 7. The SMILES string of the molecule is C=CCc1cc(-c2cc(Cc3ccccc3)cc(CC=C)c2O)ccc1O. The maximum Gasteiger partial charge on any atom is 0.126 e. The Labute approximate surface area is 160 Å². The van der Waals surface area contributed by atoms with Gasteiger partial charge < -0.3 is 10.2 Å². The van der Waals surface area contributed by atoms with Crippen molar-refractivity contribution in [2.24, 2.45) is 0 Å². The van der Waals surface area contributed by atoms with Crippen molar-refractivity contribution in [1.29, 1.82) is 0 Å². The molecule has 0 fully saturated rings. The third kappa shape index (κ3) is 4.29. The predicted octanol–water partition coefficient (Wildman–Crippen LogP) is 5.81. The minimum Gasteiger partial charge on any atom is -0.508 e. The van der Waals surface area contributed by atoms with E-state index < -0.39 is 0 Å². The number of phenolic OH excluding ortho intramolecular Hbond substituents is 2. The molecular formula is C25H24O2. The molecule has 0 heterocycles. The van der Waals surface area contributed by atoms with Crippen LogP contribution in [0.1, 0.15) is 22.3 Å². The first-order valence-electron chi connectivity index (χ1n) is 9.05. The van der Waals surface area contributed by atoms with Gasteiger partial charge in [0.2, 0.25) is 0 Å². The summed E-state index contributed by atoms with van der Waals surface area (Å²) in [7, 11) is 0. The van der Waals surface area contributed by atoms with Crippen LogP contribution in [0.5, 0.6) is 11.5 Å². The van der Waals surface area contributed by atoms with Gasteiger partial charge in [-0.1, -0.05) is 54.6 Å². The Morgan fingerprint density at radius 2 is 1.44 bits per heavy atom. The Balaban J connectivity index is 2.09. The summed E-state index contributed by atoms with van der Waals surface area (Å²) in [5.74, 6) is 0.506. The van der Waals surface area contributed by atoms with Gasteiger partial charge in [0.15, 0.2) is 0 Å². The van der Waals surface area contributed by atoms with Crippen LogP contribution in [0.3, 0.4) is 0 Å². The lowest BCUT2D eigenvalue weighted by atomic mass is 9.93. The zero-order chi connectivity index (χ0) is 19.2. The largest absolute Gasteiger partial charge is 0.508 e. The molecule has 2 heteroatoms. The summed E-state index contributed by atoms with van der Waals surface area (Å²) in [5, 5.41) is 20.9. The van der Waals surface area contributed by atoms with Crippen LogP contribution >= 0.6 is 0 Å². The van der Waals surface area contributed by atoms with Crippen molar-refractivity contribution in [2.45, 2.75) is 19.3 Å². The molecular weight excluding hydrogens is 332 g/mol. The number of hydrogen-bond acceptors (Lipinski definition) is 2. The highest BCUT2D eigenvalue weighted by Crippen LogP contribution is 2.36. The van der Waals surface area contributed by atoms with Crippen molar-refractivity contribution in [3.8, 4) is 22.6 Å². The summed E-state index contributed by atoms with van der Waals surface area (Å²) < 4.78 is 0. The monoisotopic (exact) mass is 356 g/mol. The first-order valence-corrected chi connectivity index (χ1v) is 9.05. The van der Waals surface area contributed by atoms with E-state index in [0.717, 1.165) is 34.2 Å². The average molecular weight is 356 g/mol. The number of phenols is 2. The quantitative estimate of drug-likeness (QED) is 0.524. The third-order valence-electron chi connectivity index (χ3n) is 4.62. The van der Waals surface area contributed by atoms with Crippen LogP contribution in [-0.4, -0.2) is 10.2 Å². The van der Waals surface area contributed by atoms with Crippen molar-refractivity contribution >= 4 is 0 Å². The van der Waals surface area contributed by atoms with Gasteiger partial charge in [-0.15, -0.1) is 13.2 Å². The minimum absolute atomic E-state index is 0.241. The van der Waals surface area contributed by atoms with Gasteiger partial charge in [-0.25, -0.2) is 0 Å². The molecule has 3 rings (SSSR count). The van der Waals surface area contributed by atoms with Crippen molar-refractivity contribution in [2.75, 3.05) is 0 Å². The summed E-state index contributed by atoms with van der Waals surface area (Å²) >= 11 is 0. The lowest BCUT2D eigenvalue weighted by Crippen LogP contribution is -1.95. The Morgan fingerprint density at radius 1 is 0.741 bits per heavy atom. The first kappa shape index (κ1) is 18.5. The van der Waals surface area contributed by atoms with Gasteiger partial charge in [0, 0.05) is 5.56 Å². The Bertz CT molecular complexity index is 956. The van der Waals surface area contributed by atoms with Gasteiger partial charge in [0.05, 0.1) is 0 Å². The van der Waals surface area contributed by atoms with Crippen LogP contribution in [0.2, 0.25) is 0 Å². The van der Waals surface area contributed by atoms with Crippen molar-refractivity contribution < 1.29 is 10.2 Å². The molecule has 0 bridgehead atoms. The van der Waals surface area contributed by atoms with Gasteiger partial charge in [-0.2, -0.15) is 0 Å². The van der Waals surface area contributed by atoms with Crippen LogP contribution in [0.25, 0.3) is 11.1 Å². The second kappa shape index (κ2) is 8.41.